The third-order valence-corrected chi connectivity index (χ3v) is 3.79. The smallest absolute Gasteiger partial charge is 0.237 e. The van der Waals surface area contributed by atoms with Gasteiger partial charge in [0.05, 0.1) is 18.7 Å². The summed E-state index contributed by atoms with van der Waals surface area (Å²) < 4.78 is 5.75. The van der Waals surface area contributed by atoms with Crippen molar-refractivity contribution in [2.24, 2.45) is 0 Å². The van der Waals surface area contributed by atoms with Gasteiger partial charge in [0.2, 0.25) is 5.91 Å². The SMILES string of the molecule is Cc1c(CNC(=O)C2CC(O)CN2)oc2ccccc12.Cl. The van der Waals surface area contributed by atoms with Gasteiger partial charge in [-0.1, -0.05) is 18.2 Å². The highest BCUT2D eigenvalue weighted by Gasteiger charge is 2.28. The molecule has 5 nitrogen and oxygen atoms in total. The lowest BCUT2D eigenvalue weighted by atomic mass is 10.1. The van der Waals surface area contributed by atoms with E-state index in [4.69, 9.17) is 4.42 Å². The second-order valence-electron chi connectivity index (χ2n) is 5.21. The standard InChI is InChI=1S/C15H18N2O3.ClH/c1-9-11-4-2-3-5-13(11)20-14(9)8-17-15(19)12-6-10(18)7-16-12;/h2-5,10,12,16,18H,6-8H2,1H3,(H,17,19);1H. The van der Waals surface area contributed by atoms with Crippen molar-refractivity contribution in [1.29, 1.82) is 0 Å². The maximum atomic E-state index is 12.0. The predicted molar refractivity (Wildman–Crippen MR) is 82.5 cm³/mol. The molecule has 6 heteroatoms. The van der Waals surface area contributed by atoms with Crippen LogP contribution in [0.3, 0.4) is 0 Å². The summed E-state index contributed by atoms with van der Waals surface area (Å²) in [6, 6.07) is 7.51. The third kappa shape index (κ3) is 3.20. The molecule has 2 atom stereocenters. The van der Waals surface area contributed by atoms with Gasteiger partial charge in [-0.15, -0.1) is 12.4 Å². The molecule has 0 radical (unpaired) electrons. The molecule has 0 spiro atoms. The Morgan fingerprint density at radius 3 is 2.90 bits per heavy atom. The molecule has 21 heavy (non-hydrogen) atoms. The lowest BCUT2D eigenvalue weighted by molar-refractivity contribution is -0.123. The van der Waals surface area contributed by atoms with Crippen molar-refractivity contribution in [2.75, 3.05) is 6.54 Å². The number of nitrogens with one attached hydrogen (secondary N) is 2. The molecule has 2 heterocycles. The molecular weight excluding hydrogens is 292 g/mol. The van der Waals surface area contributed by atoms with E-state index in [2.05, 4.69) is 10.6 Å². The molecule has 114 valence electrons. The second-order valence-corrected chi connectivity index (χ2v) is 5.21. The Kier molecular flexibility index (Phi) is 4.88. The van der Waals surface area contributed by atoms with Crippen molar-refractivity contribution in [3.8, 4) is 0 Å². The average molecular weight is 311 g/mol. The van der Waals surface area contributed by atoms with E-state index < -0.39 is 6.10 Å². The van der Waals surface area contributed by atoms with E-state index in [0.29, 0.717) is 19.5 Å². The lowest BCUT2D eigenvalue weighted by Crippen LogP contribution is -2.40. The number of para-hydroxylation sites is 1. The fourth-order valence-electron chi connectivity index (χ4n) is 2.60. The maximum absolute atomic E-state index is 12.0. The van der Waals surface area contributed by atoms with E-state index in [9.17, 15) is 9.90 Å². The molecule has 1 aliphatic rings. The van der Waals surface area contributed by atoms with Crippen LogP contribution in [0, 0.1) is 6.92 Å². The molecule has 1 aromatic carbocycles. The van der Waals surface area contributed by atoms with Crippen LogP contribution in [0.25, 0.3) is 11.0 Å². The number of carbonyl (C=O) groups excluding carboxylic acids is 1. The van der Waals surface area contributed by atoms with Crippen LogP contribution in [-0.4, -0.2) is 29.7 Å². The Hall–Kier alpha value is -1.56. The summed E-state index contributed by atoms with van der Waals surface area (Å²) in [6.07, 6.45) is 0.0315. The van der Waals surface area contributed by atoms with Crippen LogP contribution in [0.4, 0.5) is 0 Å². The number of hydrogen-bond acceptors (Lipinski definition) is 4. The summed E-state index contributed by atoms with van der Waals surface area (Å²) >= 11 is 0. The molecule has 0 aliphatic carbocycles. The number of carbonyl (C=O) groups is 1. The van der Waals surface area contributed by atoms with E-state index in [0.717, 1.165) is 22.3 Å². The molecular formula is C15H19ClN2O3. The Morgan fingerprint density at radius 1 is 1.48 bits per heavy atom. The van der Waals surface area contributed by atoms with E-state index >= 15 is 0 Å². The van der Waals surface area contributed by atoms with Gasteiger partial charge in [-0.25, -0.2) is 0 Å². The molecule has 0 saturated carbocycles. The van der Waals surface area contributed by atoms with Crippen LogP contribution in [0.5, 0.6) is 0 Å². The summed E-state index contributed by atoms with van der Waals surface area (Å²) in [5, 5.41) is 16.3. The molecule has 1 fully saturated rings. The summed E-state index contributed by atoms with van der Waals surface area (Å²) in [7, 11) is 0. The van der Waals surface area contributed by atoms with Gasteiger partial charge < -0.3 is 20.2 Å². The highest BCUT2D eigenvalue weighted by molar-refractivity contribution is 5.85. The Balaban J connectivity index is 0.00000161. The highest BCUT2D eigenvalue weighted by Crippen LogP contribution is 2.24. The van der Waals surface area contributed by atoms with Gasteiger partial charge in [-0.05, 0) is 19.4 Å². The number of aryl methyl sites for hydroxylation is 1. The van der Waals surface area contributed by atoms with Crippen LogP contribution in [0.15, 0.2) is 28.7 Å². The number of furan rings is 1. The number of amides is 1. The van der Waals surface area contributed by atoms with Crippen LogP contribution < -0.4 is 10.6 Å². The van der Waals surface area contributed by atoms with Gasteiger partial charge in [0.15, 0.2) is 0 Å². The zero-order valence-electron chi connectivity index (χ0n) is 11.8. The molecule has 2 unspecified atom stereocenters. The Labute approximate surface area is 129 Å². The second kappa shape index (κ2) is 6.47. The summed E-state index contributed by atoms with van der Waals surface area (Å²) in [4.78, 5) is 12.0. The lowest BCUT2D eigenvalue weighted by Gasteiger charge is -2.10. The van der Waals surface area contributed by atoms with Gasteiger partial charge in [0, 0.05) is 17.5 Å². The number of halogens is 1. The predicted octanol–water partition coefficient (Wildman–Crippen LogP) is 1.50. The van der Waals surface area contributed by atoms with E-state index in [1.165, 1.54) is 0 Å². The first-order valence-corrected chi connectivity index (χ1v) is 6.81. The maximum Gasteiger partial charge on any atom is 0.237 e. The van der Waals surface area contributed by atoms with Crippen LogP contribution in [0.2, 0.25) is 0 Å². The minimum Gasteiger partial charge on any atom is -0.459 e. The minimum absolute atomic E-state index is 0. The third-order valence-electron chi connectivity index (χ3n) is 3.79. The van der Waals surface area contributed by atoms with Crippen LogP contribution in [0.1, 0.15) is 17.7 Å². The van der Waals surface area contributed by atoms with Gasteiger partial charge in [-0.3, -0.25) is 4.79 Å². The largest absolute Gasteiger partial charge is 0.459 e. The Bertz CT molecular complexity index is 641. The number of benzene rings is 1. The van der Waals surface area contributed by atoms with Crippen molar-refractivity contribution >= 4 is 29.3 Å². The summed E-state index contributed by atoms with van der Waals surface area (Å²) in [5.74, 6) is 0.680. The Morgan fingerprint density at radius 2 is 2.24 bits per heavy atom. The number of β-amino-alcohol motifs (C(OH)–C–C–N with tert-alkyl or cyclic N) is 1. The molecule has 1 aromatic heterocycles. The molecule has 1 amide bonds. The number of aliphatic hydroxyl groups is 1. The number of aliphatic hydroxyl groups excluding tert-OH is 1. The van der Waals surface area contributed by atoms with E-state index in [1.54, 1.807) is 0 Å². The number of fused-ring (bicyclic) bond motifs is 1. The number of hydrogen-bond donors (Lipinski definition) is 3. The van der Waals surface area contributed by atoms with Crippen molar-refractivity contribution in [2.45, 2.75) is 32.0 Å². The van der Waals surface area contributed by atoms with Gasteiger partial charge >= 0.3 is 0 Å². The van der Waals surface area contributed by atoms with Crippen LogP contribution >= 0.6 is 12.4 Å². The van der Waals surface area contributed by atoms with Crippen molar-refractivity contribution in [3.05, 3.63) is 35.6 Å². The molecule has 1 aliphatic heterocycles. The first-order valence-electron chi connectivity index (χ1n) is 6.81. The van der Waals surface area contributed by atoms with Gasteiger partial charge in [0.1, 0.15) is 11.3 Å². The topological polar surface area (TPSA) is 74.5 Å². The molecule has 3 N–H and O–H groups in total. The molecule has 0 bridgehead atoms. The van der Waals surface area contributed by atoms with Gasteiger partial charge in [0.25, 0.3) is 0 Å². The average Bonchev–Trinajstić information content (AvgIpc) is 3.01. The normalized spacial score (nSPS) is 21.2. The van der Waals surface area contributed by atoms with Crippen molar-refractivity contribution < 1.29 is 14.3 Å². The first kappa shape index (κ1) is 15.8. The quantitative estimate of drug-likeness (QED) is 0.803. The summed E-state index contributed by atoms with van der Waals surface area (Å²) in [5.41, 5.74) is 1.89. The fraction of sp³-hybridized carbons (Fsp3) is 0.400. The zero-order valence-corrected chi connectivity index (χ0v) is 12.6. The van der Waals surface area contributed by atoms with Crippen LogP contribution in [-0.2, 0) is 11.3 Å². The molecule has 2 aromatic rings. The molecule has 1 saturated heterocycles. The monoisotopic (exact) mass is 310 g/mol. The highest BCUT2D eigenvalue weighted by atomic mass is 35.5. The van der Waals surface area contributed by atoms with Gasteiger partial charge in [-0.2, -0.15) is 0 Å². The van der Waals surface area contributed by atoms with Crippen molar-refractivity contribution in [3.63, 3.8) is 0 Å². The number of rotatable bonds is 3. The fourth-order valence-corrected chi connectivity index (χ4v) is 2.60. The van der Waals surface area contributed by atoms with E-state index in [-0.39, 0.29) is 24.4 Å². The summed E-state index contributed by atoms with van der Waals surface area (Å²) in [6.45, 7) is 2.83. The van der Waals surface area contributed by atoms with E-state index in [1.807, 2.05) is 31.2 Å². The minimum atomic E-state index is -0.432. The molecule has 3 rings (SSSR count). The zero-order chi connectivity index (χ0) is 14.1. The first-order chi connectivity index (χ1) is 9.65. The van der Waals surface area contributed by atoms with Crippen molar-refractivity contribution in [1.82, 2.24) is 10.6 Å².